The third kappa shape index (κ3) is 8.61. The van der Waals surface area contributed by atoms with Gasteiger partial charge in [-0.15, -0.1) is 0 Å². The molecule has 10 nitrogen and oxygen atoms in total. The van der Waals surface area contributed by atoms with Crippen LogP contribution in [0.25, 0.3) is 0 Å². The Hall–Kier alpha value is -2.36. The van der Waals surface area contributed by atoms with Gasteiger partial charge < -0.3 is 32.5 Å². The zero-order chi connectivity index (χ0) is 18.0. The SMILES string of the molecule is CC(C)[C@H](NC(=O)[C@H](CCCNC(N)=O)NC(=O)CN)C(=O)O. The molecule has 0 spiro atoms. The molecule has 132 valence electrons. The molecule has 8 N–H and O–H groups in total. The lowest BCUT2D eigenvalue weighted by Crippen LogP contribution is -2.54. The fraction of sp³-hybridized carbons (Fsp3) is 0.692. The van der Waals surface area contributed by atoms with Crippen LogP contribution in [0.3, 0.4) is 0 Å². The number of nitrogens with two attached hydrogens (primary N) is 2. The van der Waals surface area contributed by atoms with E-state index in [2.05, 4.69) is 16.0 Å². The van der Waals surface area contributed by atoms with Crippen LogP contribution in [0.4, 0.5) is 4.79 Å². The number of carboxylic acids is 1. The Balaban J connectivity index is 4.75. The van der Waals surface area contributed by atoms with Crippen molar-refractivity contribution in [3.8, 4) is 0 Å². The van der Waals surface area contributed by atoms with E-state index in [1.807, 2.05) is 0 Å². The molecule has 23 heavy (non-hydrogen) atoms. The Morgan fingerprint density at radius 2 is 1.74 bits per heavy atom. The van der Waals surface area contributed by atoms with Crippen molar-refractivity contribution in [1.29, 1.82) is 0 Å². The maximum Gasteiger partial charge on any atom is 0.326 e. The molecule has 0 bridgehead atoms. The molecule has 0 aromatic rings. The van der Waals surface area contributed by atoms with Crippen LogP contribution in [0.1, 0.15) is 26.7 Å². The lowest BCUT2D eigenvalue weighted by Gasteiger charge is -2.23. The van der Waals surface area contributed by atoms with Gasteiger partial charge in [0, 0.05) is 6.54 Å². The highest BCUT2D eigenvalue weighted by Gasteiger charge is 2.28. The predicted molar refractivity (Wildman–Crippen MR) is 82.2 cm³/mol. The number of rotatable bonds is 10. The van der Waals surface area contributed by atoms with Crippen molar-refractivity contribution >= 4 is 23.8 Å². The smallest absolute Gasteiger partial charge is 0.326 e. The Bertz CT molecular complexity index is 440. The Morgan fingerprint density at radius 1 is 1.13 bits per heavy atom. The highest BCUT2D eigenvalue weighted by molar-refractivity contribution is 5.90. The summed E-state index contributed by atoms with van der Waals surface area (Å²) in [5, 5.41) is 16.3. The lowest BCUT2D eigenvalue weighted by atomic mass is 10.0. The van der Waals surface area contributed by atoms with E-state index in [1.54, 1.807) is 13.8 Å². The summed E-state index contributed by atoms with van der Waals surface area (Å²) in [6.45, 7) is 3.24. The van der Waals surface area contributed by atoms with Gasteiger partial charge in [-0.1, -0.05) is 13.8 Å². The number of primary amides is 1. The van der Waals surface area contributed by atoms with E-state index >= 15 is 0 Å². The third-order valence-corrected chi connectivity index (χ3v) is 3.04. The fourth-order valence-electron chi connectivity index (χ4n) is 1.81. The Morgan fingerprint density at radius 3 is 2.17 bits per heavy atom. The summed E-state index contributed by atoms with van der Waals surface area (Å²) in [4.78, 5) is 45.3. The van der Waals surface area contributed by atoms with Crippen molar-refractivity contribution in [2.45, 2.75) is 38.8 Å². The van der Waals surface area contributed by atoms with Gasteiger partial charge in [0.1, 0.15) is 12.1 Å². The molecule has 0 saturated heterocycles. The number of amides is 4. The molecular weight excluding hydrogens is 306 g/mol. The van der Waals surface area contributed by atoms with Crippen LogP contribution in [0, 0.1) is 5.92 Å². The summed E-state index contributed by atoms with van der Waals surface area (Å²) < 4.78 is 0. The standard InChI is InChI=1S/C13H25N5O5/c1-7(2)10(12(21)22)18-11(20)8(17-9(19)6-14)4-3-5-16-13(15)23/h7-8,10H,3-6,14H2,1-2H3,(H,17,19)(H,18,20)(H,21,22)(H3,15,16,23)/t8-,10-/m0/s1. The van der Waals surface area contributed by atoms with Gasteiger partial charge in [-0.3, -0.25) is 9.59 Å². The van der Waals surface area contributed by atoms with E-state index in [4.69, 9.17) is 16.6 Å². The fourth-order valence-corrected chi connectivity index (χ4v) is 1.81. The summed E-state index contributed by atoms with van der Waals surface area (Å²) in [6.07, 6.45) is 0.563. The second-order valence-electron chi connectivity index (χ2n) is 5.33. The van der Waals surface area contributed by atoms with Crippen LogP contribution < -0.4 is 27.4 Å². The van der Waals surface area contributed by atoms with Gasteiger partial charge in [-0.25, -0.2) is 9.59 Å². The molecule has 0 unspecified atom stereocenters. The van der Waals surface area contributed by atoms with E-state index in [9.17, 15) is 19.2 Å². The van der Waals surface area contributed by atoms with Crippen LogP contribution in [0.2, 0.25) is 0 Å². The van der Waals surface area contributed by atoms with E-state index in [0.29, 0.717) is 6.42 Å². The molecule has 0 aliphatic rings. The van der Waals surface area contributed by atoms with Crippen LogP contribution in [0.5, 0.6) is 0 Å². The topological polar surface area (TPSA) is 177 Å². The zero-order valence-electron chi connectivity index (χ0n) is 13.3. The first-order valence-electron chi connectivity index (χ1n) is 7.25. The number of carbonyl (C=O) groups excluding carboxylic acids is 3. The Labute approximate surface area is 134 Å². The lowest BCUT2D eigenvalue weighted by molar-refractivity contribution is -0.143. The number of nitrogens with one attached hydrogen (secondary N) is 3. The summed E-state index contributed by atoms with van der Waals surface area (Å²) >= 11 is 0. The highest BCUT2D eigenvalue weighted by atomic mass is 16.4. The van der Waals surface area contributed by atoms with E-state index < -0.39 is 35.9 Å². The summed E-state index contributed by atoms with van der Waals surface area (Å²) in [5.41, 5.74) is 10.1. The van der Waals surface area contributed by atoms with Crippen molar-refractivity contribution < 1.29 is 24.3 Å². The molecule has 0 aromatic carbocycles. The first-order valence-corrected chi connectivity index (χ1v) is 7.25. The van der Waals surface area contributed by atoms with Crippen LogP contribution >= 0.6 is 0 Å². The molecule has 2 atom stereocenters. The minimum Gasteiger partial charge on any atom is -0.480 e. The zero-order valence-corrected chi connectivity index (χ0v) is 13.3. The number of aliphatic carboxylic acids is 1. The van der Waals surface area contributed by atoms with Crippen molar-refractivity contribution in [1.82, 2.24) is 16.0 Å². The van der Waals surface area contributed by atoms with Crippen molar-refractivity contribution in [3.63, 3.8) is 0 Å². The average molecular weight is 331 g/mol. The van der Waals surface area contributed by atoms with E-state index in [-0.39, 0.29) is 25.4 Å². The maximum atomic E-state index is 12.2. The first-order chi connectivity index (χ1) is 10.7. The second kappa shape index (κ2) is 10.4. The van der Waals surface area contributed by atoms with Crippen LogP contribution in [0.15, 0.2) is 0 Å². The molecule has 0 rings (SSSR count). The normalized spacial score (nSPS) is 13.0. The molecule has 4 amide bonds. The molecule has 0 aliphatic heterocycles. The second-order valence-corrected chi connectivity index (χ2v) is 5.33. The Kier molecular flexibility index (Phi) is 9.31. The molecule has 0 radical (unpaired) electrons. The minimum absolute atomic E-state index is 0.197. The summed E-state index contributed by atoms with van der Waals surface area (Å²) in [5.74, 6) is -2.64. The molecule has 0 aliphatic carbocycles. The first kappa shape index (κ1) is 20.6. The average Bonchev–Trinajstić information content (AvgIpc) is 2.46. The number of carbonyl (C=O) groups is 4. The summed E-state index contributed by atoms with van der Waals surface area (Å²) in [6, 6.07) is -2.70. The van der Waals surface area contributed by atoms with Crippen molar-refractivity contribution in [3.05, 3.63) is 0 Å². The van der Waals surface area contributed by atoms with Gasteiger partial charge in [0.2, 0.25) is 11.8 Å². The molecule has 10 heteroatoms. The van der Waals surface area contributed by atoms with Crippen molar-refractivity contribution in [2.24, 2.45) is 17.4 Å². The molecule has 0 aromatic heterocycles. The molecular formula is C13H25N5O5. The monoisotopic (exact) mass is 331 g/mol. The summed E-state index contributed by atoms with van der Waals surface area (Å²) in [7, 11) is 0. The third-order valence-electron chi connectivity index (χ3n) is 3.04. The molecule has 0 fully saturated rings. The number of carboxylic acid groups (broad SMARTS) is 1. The quantitative estimate of drug-likeness (QED) is 0.255. The highest BCUT2D eigenvalue weighted by Crippen LogP contribution is 2.04. The van der Waals surface area contributed by atoms with Gasteiger partial charge >= 0.3 is 12.0 Å². The van der Waals surface area contributed by atoms with Crippen LogP contribution in [-0.2, 0) is 14.4 Å². The molecule has 0 saturated carbocycles. The van der Waals surface area contributed by atoms with E-state index in [1.165, 1.54) is 0 Å². The number of hydrogen-bond acceptors (Lipinski definition) is 5. The number of hydrogen-bond donors (Lipinski definition) is 6. The largest absolute Gasteiger partial charge is 0.480 e. The van der Waals surface area contributed by atoms with Crippen molar-refractivity contribution in [2.75, 3.05) is 13.1 Å². The predicted octanol–water partition coefficient (Wildman–Crippen LogP) is -1.90. The minimum atomic E-state index is -1.16. The van der Waals surface area contributed by atoms with Gasteiger partial charge in [-0.2, -0.15) is 0 Å². The number of urea groups is 1. The molecule has 0 heterocycles. The van der Waals surface area contributed by atoms with Gasteiger partial charge in [-0.05, 0) is 18.8 Å². The maximum absolute atomic E-state index is 12.2. The van der Waals surface area contributed by atoms with Gasteiger partial charge in [0.15, 0.2) is 0 Å². The van der Waals surface area contributed by atoms with Gasteiger partial charge in [0.05, 0.1) is 6.54 Å². The van der Waals surface area contributed by atoms with Gasteiger partial charge in [0.25, 0.3) is 0 Å². The van der Waals surface area contributed by atoms with Crippen LogP contribution in [-0.4, -0.2) is 54.1 Å². The van der Waals surface area contributed by atoms with E-state index in [0.717, 1.165) is 0 Å².